The number of anilines is 1. The Kier molecular flexibility index (Phi) is 1.44. The Morgan fingerprint density at radius 3 is 3.08 bits per heavy atom. The quantitative estimate of drug-likeness (QED) is 0.481. The summed E-state index contributed by atoms with van der Waals surface area (Å²) in [6.07, 6.45) is 0. The van der Waals surface area contributed by atoms with Gasteiger partial charge >= 0.3 is 0 Å². The molecule has 0 unspecified atom stereocenters. The maximum atomic E-state index is 10.4. The second-order valence-electron chi connectivity index (χ2n) is 2.58. The van der Waals surface area contributed by atoms with Gasteiger partial charge < -0.3 is 5.43 Å². The van der Waals surface area contributed by atoms with Crippen molar-refractivity contribution in [3.05, 3.63) is 33.9 Å². The van der Waals surface area contributed by atoms with Gasteiger partial charge in [0.2, 0.25) is 0 Å². The van der Waals surface area contributed by atoms with Gasteiger partial charge in [-0.1, -0.05) is 0 Å². The molecular formula is C7H7N3O2. The molecule has 0 aliphatic carbocycles. The number of nitro groups is 1. The van der Waals surface area contributed by atoms with Crippen molar-refractivity contribution in [1.29, 1.82) is 0 Å². The first-order valence-corrected chi connectivity index (χ1v) is 3.53. The highest BCUT2D eigenvalue weighted by atomic mass is 16.6. The van der Waals surface area contributed by atoms with Gasteiger partial charge in [-0.2, -0.15) is 0 Å². The molecule has 0 atom stereocenters. The fraction of sp³-hybridized carbons (Fsp3) is 0.143. The van der Waals surface area contributed by atoms with Crippen LogP contribution in [-0.4, -0.2) is 4.92 Å². The zero-order chi connectivity index (χ0) is 8.55. The highest BCUT2D eigenvalue weighted by Gasteiger charge is 2.13. The molecule has 0 spiro atoms. The molecule has 0 amide bonds. The van der Waals surface area contributed by atoms with Crippen LogP contribution in [0, 0.1) is 10.1 Å². The Morgan fingerprint density at radius 1 is 1.50 bits per heavy atom. The predicted octanol–water partition coefficient (Wildman–Crippen LogP) is 1.02. The average Bonchev–Trinajstić information content (AvgIpc) is 2.49. The van der Waals surface area contributed by atoms with Crippen LogP contribution >= 0.6 is 0 Å². The van der Waals surface area contributed by atoms with Crippen molar-refractivity contribution >= 4 is 11.4 Å². The summed E-state index contributed by atoms with van der Waals surface area (Å²) in [4.78, 5) is 9.96. The van der Waals surface area contributed by atoms with Crippen LogP contribution in [0.25, 0.3) is 0 Å². The highest BCUT2D eigenvalue weighted by molar-refractivity contribution is 5.58. The van der Waals surface area contributed by atoms with Gasteiger partial charge in [0.1, 0.15) is 0 Å². The number of non-ortho nitro benzene ring substituents is 1. The van der Waals surface area contributed by atoms with Crippen LogP contribution in [0.2, 0.25) is 0 Å². The molecule has 1 aliphatic rings. The van der Waals surface area contributed by atoms with Gasteiger partial charge in [0.15, 0.2) is 0 Å². The minimum Gasteiger partial charge on any atom is -0.321 e. The second-order valence-corrected chi connectivity index (χ2v) is 2.58. The van der Waals surface area contributed by atoms with E-state index in [4.69, 9.17) is 0 Å². The number of rotatable bonds is 1. The minimum absolute atomic E-state index is 0.116. The van der Waals surface area contributed by atoms with E-state index in [1.54, 1.807) is 6.07 Å². The first kappa shape index (κ1) is 7.05. The summed E-state index contributed by atoms with van der Waals surface area (Å²) in [7, 11) is 0. The number of fused-ring (bicyclic) bond motifs is 1. The molecule has 2 rings (SSSR count). The lowest BCUT2D eigenvalue weighted by atomic mass is 10.2. The van der Waals surface area contributed by atoms with E-state index in [2.05, 4.69) is 10.9 Å². The van der Waals surface area contributed by atoms with Crippen LogP contribution in [0.3, 0.4) is 0 Å². The summed E-state index contributed by atoms with van der Waals surface area (Å²) in [6, 6.07) is 4.78. The Hall–Kier alpha value is -1.62. The van der Waals surface area contributed by atoms with Gasteiger partial charge in [0.25, 0.3) is 5.69 Å². The second kappa shape index (κ2) is 2.46. The Labute approximate surface area is 68.5 Å². The molecule has 62 valence electrons. The maximum absolute atomic E-state index is 10.4. The highest BCUT2D eigenvalue weighted by Crippen LogP contribution is 2.24. The molecule has 0 saturated heterocycles. The van der Waals surface area contributed by atoms with Crippen molar-refractivity contribution in [3.63, 3.8) is 0 Å². The van der Waals surface area contributed by atoms with Gasteiger partial charge in [0.05, 0.1) is 10.6 Å². The molecule has 1 aromatic rings. The number of nitrogens with zero attached hydrogens (tertiary/aromatic N) is 1. The third-order valence-electron chi connectivity index (χ3n) is 1.81. The minimum atomic E-state index is -0.402. The van der Waals surface area contributed by atoms with Crippen LogP contribution in [0.5, 0.6) is 0 Å². The average molecular weight is 165 g/mol. The van der Waals surface area contributed by atoms with Crippen molar-refractivity contribution in [1.82, 2.24) is 5.43 Å². The third-order valence-corrected chi connectivity index (χ3v) is 1.81. The molecule has 0 saturated carbocycles. The van der Waals surface area contributed by atoms with E-state index in [-0.39, 0.29) is 5.69 Å². The van der Waals surface area contributed by atoms with Crippen molar-refractivity contribution < 1.29 is 4.92 Å². The van der Waals surface area contributed by atoms with Crippen molar-refractivity contribution in [2.45, 2.75) is 6.54 Å². The van der Waals surface area contributed by atoms with E-state index in [9.17, 15) is 10.1 Å². The summed E-state index contributed by atoms with van der Waals surface area (Å²) in [5.41, 5.74) is 7.69. The van der Waals surface area contributed by atoms with Gasteiger partial charge in [-0.05, 0) is 11.6 Å². The lowest BCUT2D eigenvalue weighted by Crippen LogP contribution is -2.10. The predicted molar refractivity (Wildman–Crippen MR) is 43.6 cm³/mol. The summed E-state index contributed by atoms with van der Waals surface area (Å²) in [6.45, 7) is 0.716. The molecule has 0 bridgehead atoms. The van der Waals surface area contributed by atoms with Gasteiger partial charge in [-0.15, -0.1) is 0 Å². The smallest absolute Gasteiger partial charge is 0.271 e. The Bertz CT molecular complexity index is 337. The van der Waals surface area contributed by atoms with E-state index in [1.807, 2.05) is 0 Å². The number of nitro benzene ring substituents is 1. The largest absolute Gasteiger partial charge is 0.321 e. The lowest BCUT2D eigenvalue weighted by Gasteiger charge is -1.96. The molecule has 1 aromatic carbocycles. The first-order valence-electron chi connectivity index (χ1n) is 3.53. The summed E-state index contributed by atoms with van der Waals surface area (Å²) in [5, 5.41) is 10.4. The summed E-state index contributed by atoms with van der Waals surface area (Å²) >= 11 is 0. The zero-order valence-electron chi connectivity index (χ0n) is 6.20. The Balaban J connectivity index is 2.45. The molecule has 12 heavy (non-hydrogen) atoms. The first-order chi connectivity index (χ1) is 5.77. The van der Waals surface area contributed by atoms with E-state index in [1.165, 1.54) is 12.1 Å². The molecule has 2 N–H and O–H groups in total. The fourth-order valence-corrected chi connectivity index (χ4v) is 1.18. The molecule has 0 radical (unpaired) electrons. The third kappa shape index (κ3) is 0.998. The molecule has 5 heteroatoms. The van der Waals surface area contributed by atoms with E-state index >= 15 is 0 Å². The number of hydrogen-bond donors (Lipinski definition) is 2. The van der Waals surface area contributed by atoms with Crippen LogP contribution in [0.1, 0.15) is 5.56 Å². The van der Waals surface area contributed by atoms with E-state index in [0.29, 0.717) is 6.54 Å². The summed E-state index contributed by atoms with van der Waals surface area (Å²) in [5.74, 6) is 0. The lowest BCUT2D eigenvalue weighted by molar-refractivity contribution is -0.384. The molecule has 0 fully saturated rings. The van der Waals surface area contributed by atoms with E-state index in [0.717, 1.165) is 11.3 Å². The van der Waals surface area contributed by atoms with Crippen LogP contribution in [-0.2, 0) is 6.54 Å². The number of nitrogens with one attached hydrogen (secondary N) is 2. The van der Waals surface area contributed by atoms with Crippen molar-refractivity contribution in [2.24, 2.45) is 0 Å². The SMILES string of the molecule is O=[N+]([O-])c1ccc2c(c1)NNC2. The van der Waals surface area contributed by atoms with Gasteiger partial charge in [-0.25, -0.2) is 5.43 Å². The van der Waals surface area contributed by atoms with Crippen LogP contribution in [0.4, 0.5) is 11.4 Å². The maximum Gasteiger partial charge on any atom is 0.271 e. The summed E-state index contributed by atoms with van der Waals surface area (Å²) < 4.78 is 0. The standard InChI is InChI=1S/C7H7N3O2/c11-10(12)6-2-1-5-4-8-9-7(5)3-6/h1-3,8-9H,4H2. The number of hydrazine groups is 1. The van der Waals surface area contributed by atoms with Gasteiger partial charge in [0, 0.05) is 18.7 Å². The van der Waals surface area contributed by atoms with Crippen LogP contribution in [0.15, 0.2) is 18.2 Å². The molecule has 1 aliphatic heterocycles. The van der Waals surface area contributed by atoms with E-state index < -0.39 is 4.92 Å². The topological polar surface area (TPSA) is 67.2 Å². The normalized spacial score (nSPS) is 13.7. The zero-order valence-corrected chi connectivity index (χ0v) is 6.20. The van der Waals surface area contributed by atoms with Crippen molar-refractivity contribution in [2.75, 3.05) is 5.43 Å². The van der Waals surface area contributed by atoms with Crippen LogP contribution < -0.4 is 10.9 Å². The number of benzene rings is 1. The monoisotopic (exact) mass is 165 g/mol. The van der Waals surface area contributed by atoms with Crippen molar-refractivity contribution in [3.8, 4) is 0 Å². The fourth-order valence-electron chi connectivity index (χ4n) is 1.18. The molecule has 5 nitrogen and oxygen atoms in total. The van der Waals surface area contributed by atoms with Gasteiger partial charge in [-0.3, -0.25) is 10.1 Å². The molecular weight excluding hydrogens is 158 g/mol. The molecule has 1 heterocycles. The molecule has 0 aromatic heterocycles. The Morgan fingerprint density at radius 2 is 2.33 bits per heavy atom. The number of hydrogen-bond acceptors (Lipinski definition) is 4.